The SMILES string of the molecule is CCCCCCCCCCCCCCCCC/C=C/CC/C=C/CC/C=C/C(O)C(CO)NC(=O)CC(O)CCCCCCCCCCCCCCCCCCC. The second-order valence-electron chi connectivity index (χ2n) is 17.4. The highest BCUT2D eigenvalue weighted by Crippen LogP contribution is 2.16. The lowest BCUT2D eigenvalue weighted by Gasteiger charge is -2.21. The molecular weight excluding hydrogens is 703 g/mol. The van der Waals surface area contributed by atoms with Crippen molar-refractivity contribution in [1.29, 1.82) is 0 Å². The van der Waals surface area contributed by atoms with E-state index in [2.05, 4.69) is 43.5 Å². The molecular formula is C52H99NO4. The van der Waals surface area contributed by atoms with Crippen LogP contribution in [0.2, 0.25) is 0 Å². The summed E-state index contributed by atoms with van der Waals surface area (Å²) < 4.78 is 0. The number of hydrogen-bond donors (Lipinski definition) is 4. The number of aliphatic hydroxyl groups is 3. The van der Waals surface area contributed by atoms with Crippen molar-refractivity contribution in [1.82, 2.24) is 5.32 Å². The topological polar surface area (TPSA) is 89.8 Å². The van der Waals surface area contributed by atoms with Crippen LogP contribution in [0, 0.1) is 0 Å². The lowest BCUT2D eigenvalue weighted by molar-refractivity contribution is -0.124. The first kappa shape index (κ1) is 55.6. The van der Waals surface area contributed by atoms with E-state index in [9.17, 15) is 20.1 Å². The molecule has 0 aromatic heterocycles. The Morgan fingerprint density at radius 3 is 1.12 bits per heavy atom. The molecule has 0 saturated carbocycles. The zero-order valence-electron chi connectivity index (χ0n) is 38.2. The van der Waals surface area contributed by atoms with Crippen LogP contribution >= 0.6 is 0 Å². The number of unbranched alkanes of at least 4 members (excludes halogenated alkanes) is 33. The number of carbonyl (C=O) groups is 1. The molecule has 0 aromatic rings. The van der Waals surface area contributed by atoms with E-state index in [-0.39, 0.29) is 18.9 Å². The first-order valence-electron chi connectivity index (χ1n) is 25.3. The summed E-state index contributed by atoms with van der Waals surface area (Å²) in [6.07, 6.45) is 60.3. The lowest BCUT2D eigenvalue weighted by Crippen LogP contribution is -2.45. The Bertz CT molecular complexity index is 885. The summed E-state index contributed by atoms with van der Waals surface area (Å²) >= 11 is 0. The first-order chi connectivity index (χ1) is 28.0. The minimum Gasteiger partial charge on any atom is -0.394 e. The summed E-state index contributed by atoms with van der Waals surface area (Å²) in [5.74, 6) is -0.326. The van der Waals surface area contributed by atoms with Gasteiger partial charge >= 0.3 is 0 Å². The van der Waals surface area contributed by atoms with Crippen LogP contribution in [0.15, 0.2) is 36.5 Å². The largest absolute Gasteiger partial charge is 0.394 e. The van der Waals surface area contributed by atoms with Gasteiger partial charge in [0.05, 0.1) is 31.3 Å². The molecule has 5 nitrogen and oxygen atoms in total. The third-order valence-electron chi connectivity index (χ3n) is 11.7. The zero-order valence-corrected chi connectivity index (χ0v) is 38.2. The highest BCUT2D eigenvalue weighted by atomic mass is 16.3. The van der Waals surface area contributed by atoms with Gasteiger partial charge in [0, 0.05) is 0 Å². The number of amides is 1. The summed E-state index contributed by atoms with van der Waals surface area (Å²) in [6.45, 7) is 4.22. The van der Waals surface area contributed by atoms with Gasteiger partial charge < -0.3 is 20.6 Å². The van der Waals surface area contributed by atoms with Crippen LogP contribution in [0.1, 0.15) is 264 Å². The van der Waals surface area contributed by atoms with Gasteiger partial charge in [-0.2, -0.15) is 0 Å². The van der Waals surface area contributed by atoms with Crippen molar-refractivity contribution in [2.24, 2.45) is 0 Å². The van der Waals surface area contributed by atoms with Crippen LogP contribution < -0.4 is 5.32 Å². The molecule has 57 heavy (non-hydrogen) atoms. The highest BCUT2D eigenvalue weighted by Gasteiger charge is 2.20. The van der Waals surface area contributed by atoms with Gasteiger partial charge in [0.2, 0.25) is 5.91 Å². The van der Waals surface area contributed by atoms with E-state index in [1.54, 1.807) is 6.08 Å². The van der Waals surface area contributed by atoms with Crippen molar-refractivity contribution in [2.45, 2.75) is 283 Å². The maximum atomic E-state index is 12.5. The van der Waals surface area contributed by atoms with E-state index in [0.717, 1.165) is 38.5 Å². The van der Waals surface area contributed by atoms with Crippen molar-refractivity contribution in [3.05, 3.63) is 36.5 Å². The van der Waals surface area contributed by atoms with Gasteiger partial charge in [-0.3, -0.25) is 4.79 Å². The van der Waals surface area contributed by atoms with Gasteiger partial charge in [0.1, 0.15) is 0 Å². The summed E-state index contributed by atoms with van der Waals surface area (Å²) in [5, 5.41) is 33.3. The quantitative estimate of drug-likeness (QED) is 0.0365. The predicted molar refractivity (Wildman–Crippen MR) is 250 cm³/mol. The van der Waals surface area contributed by atoms with Crippen LogP contribution in [0.5, 0.6) is 0 Å². The molecule has 5 heteroatoms. The van der Waals surface area contributed by atoms with Gasteiger partial charge in [-0.1, -0.05) is 249 Å². The maximum absolute atomic E-state index is 12.5. The smallest absolute Gasteiger partial charge is 0.222 e. The van der Waals surface area contributed by atoms with E-state index in [0.29, 0.717) is 6.42 Å². The van der Waals surface area contributed by atoms with E-state index >= 15 is 0 Å². The van der Waals surface area contributed by atoms with E-state index in [1.165, 1.54) is 199 Å². The fourth-order valence-corrected chi connectivity index (χ4v) is 7.79. The van der Waals surface area contributed by atoms with Gasteiger partial charge in [0.25, 0.3) is 0 Å². The monoisotopic (exact) mass is 802 g/mol. The second kappa shape index (κ2) is 47.3. The molecule has 0 aliphatic heterocycles. The number of carbonyl (C=O) groups excluding carboxylic acids is 1. The Labute approximate surface area is 355 Å². The number of rotatable bonds is 46. The molecule has 0 radical (unpaired) electrons. The Hall–Kier alpha value is -1.43. The molecule has 0 aromatic carbocycles. The molecule has 4 N–H and O–H groups in total. The molecule has 0 bridgehead atoms. The van der Waals surface area contributed by atoms with Crippen LogP contribution in [0.3, 0.4) is 0 Å². The zero-order chi connectivity index (χ0) is 41.5. The van der Waals surface area contributed by atoms with E-state index in [1.807, 2.05) is 6.08 Å². The van der Waals surface area contributed by atoms with Crippen molar-refractivity contribution in [3.63, 3.8) is 0 Å². The summed E-state index contributed by atoms with van der Waals surface area (Å²) in [6, 6.07) is -0.766. The second-order valence-corrected chi connectivity index (χ2v) is 17.4. The predicted octanol–water partition coefficient (Wildman–Crippen LogP) is 15.1. The molecule has 0 fully saturated rings. The lowest BCUT2D eigenvalue weighted by atomic mass is 10.0. The molecule has 0 rings (SSSR count). The fourth-order valence-electron chi connectivity index (χ4n) is 7.79. The van der Waals surface area contributed by atoms with Crippen LogP contribution in [0.25, 0.3) is 0 Å². The number of nitrogens with one attached hydrogen (secondary N) is 1. The van der Waals surface area contributed by atoms with Gasteiger partial charge in [-0.05, 0) is 44.9 Å². The van der Waals surface area contributed by atoms with Crippen LogP contribution in [0.4, 0.5) is 0 Å². The average Bonchev–Trinajstić information content (AvgIpc) is 3.20. The van der Waals surface area contributed by atoms with Crippen molar-refractivity contribution in [2.75, 3.05) is 6.61 Å². The molecule has 0 aliphatic rings. The molecule has 336 valence electrons. The van der Waals surface area contributed by atoms with Crippen molar-refractivity contribution < 1.29 is 20.1 Å². The Balaban J connectivity index is 3.67. The van der Waals surface area contributed by atoms with E-state index in [4.69, 9.17) is 0 Å². The molecule has 3 unspecified atom stereocenters. The number of allylic oxidation sites excluding steroid dienone is 5. The summed E-state index contributed by atoms with van der Waals surface area (Å²) in [7, 11) is 0. The van der Waals surface area contributed by atoms with E-state index < -0.39 is 18.2 Å². The molecule has 1 amide bonds. The molecule has 0 saturated heterocycles. The summed E-state index contributed by atoms with van der Waals surface area (Å²) in [5.41, 5.74) is 0. The highest BCUT2D eigenvalue weighted by molar-refractivity contribution is 5.76. The molecule has 0 aliphatic carbocycles. The molecule has 0 spiro atoms. The van der Waals surface area contributed by atoms with Crippen LogP contribution in [-0.2, 0) is 4.79 Å². The molecule has 3 atom stereocenters. The van der Waals surface area contributed by atoms with Crippen molar-refractivity contribution in [3.8, 4) is 0 Å². The normalized spacial score (nSPS) is 13.7. The van der Waals surface area contributed by atoms with Gasteiger partial charge in [-0.25, -0.2) is 0 Å². The number of aliphatic hydroxyl groups excluding tert-OH is 3. The van der Waals surface area contributed by atoms with Crippen LogP contribution in [-0.4, -0.2) is 46.1 Å². The van der Waals surface area contributed by atoms with Gasteiger partial charge in [0.15, 0.2) is 0 Å². The third kappa shape index (κ3) is 44.0. The Kier molecular flexibility index (Phi) is 46.1. The standard InChI is InChI=1S/C52H99NO4/c1-3-5-7-9-11-13-15-17-19-21-22-23-24-25-26-27-28-30-32-34-36-38-40-42-44-46-51(56)50(48-54)53-52(57)47-49(55)45-43-41-39-37-35-33-31-29-20-18-16-14-12-10-8-6-4-2/h28,30,36,38,44,46,49-51,54-56H,3-27,29,31-35,37,39-43,45,47-48H2,1-2H3,(H,53,57)/b30-28+,38-36+,46-44+. The van der Waals surface area contributed by atoms with Gasteiger partial charge in [-0.15, -0.1) is 0 Å². The Morgan fingerprint density at radius 2 is 0.754 bits per heavy atom. The number of hydrogen-bond acceptors (Lipinski definition) is 4. The maximum Gasteiger partial charge on any atom is 0.222 e. The minimum atomic E-state index is -0.958. The van der Waals surface area contributed by atoms with Crippen molar-refractivity contribution >= 4 is 5.91 Å². The fraction of sp³-hybridized carbons (Fsp3) is 0.865. The average molecular weight is 802 g/mol. The minimum absolute atomic E-state index is 0.00524. The third-order valence-corrected chi connectivity index (χ3v) is 11.7. The Morgan fingerprint density at radius 1 is 0.439 bits per heavy atom. The first-order valence-corrected chi connectivity index (χ1v) is 25.3. The summed E-state index contributed by atoms with van der Waals surface area (Å²) in [4.78, 5) is 12.5. The molecule has 0 heterocycles.